The molecule has 1 aliphatic heterocycles. The number of hydrogen-bond donors (Lipinski definition) is 0. The van der Waals surface area contributed by atoms with Crippen molar-refractivity contribution < 1.29 is 4.74 Å². The van der Waals surface area contributed by atoms with E-state index < -0.39 is 0 Å². The lowest BCUT2D eigenvalue weighted by Crippen LogP contribution is -2.12. The highest BCUT2D eigenvalue weighted by Gasteiger charge is 2.23. The molecule has 2 aromatic rings. The Hall–Kier alpha value is -1.41. The first-order valence-electron chi connectivity index (χ1n) is 7.79. The molecule has 1 nitrogen and oxygen atoms in total. The molecular weight excluding hydrogens is 288 g/mol. The SMILES string of the molecule is CC(C)(C)c1ccc2c(c1)Oc1ccc(C(C)(C)C)cc1S2. The van der Waals surface area contributed by atoms with Crippen molar-refractivity contribution in [2.45, 2.75) is 62.2 Å². The monoisotopic (exact) mass is 312 g/mol. The summed E-state index contributed by atoms with van der Waals surface area (Å²) in [6.45, 7) is 13.4. The van der Waals surface area contributed by atoms with Crippen molar-refractivity contribution in [2.75, 3.05) is 0 Å². The molecule has 0 spiro atoms. The topological polar surface area (TPSA) is 9.23 Å². The second-order valence-electron chi connectivity index (χ2n) is 8.03. The van der Waals surface area contributed by atoms with Crippen LogP contribution in [-0.2, 0) is 10.8 Å². The first kappa shape index (κ1) is 15.5. The molecule has 3 rings (SSSR count). The van der Waals surface area contributed by atoms with E-state index in [1.54, 1.807) is 0 Å². The van der Waals surface area contributed by atoms with E-state index in [0.717, 1.165) is 11.5 Å². The van der Waals surface area contributed by atoms with E-state index in [1.165, 1.54) is 20.9 Å². The highest BCUT2D eigenvalue weighted by Crippen LogP contribution is 2.48. The highest BCUT2D eigenvalue weighted by atomic mass is 32.2. The number of hydrogen-bond acceptors (Lipinski definition) is 2. The molecule has 2 aromatic carbocycles. The third-order valence-electron chi connectivity index (χ3n) is 4.06. The van der Waals surface area contributed by atoms with Gasteiger partial charge in [0.2, 0.25) is 0 Å². The summed E-state index contributed by atoms with van der Waals surface area (Å²) in [5.41, 5.74) is 2.95. The van der Waals surface area contributed by atoms with E-state index >= 15 is 0 Å². The van der Waals surface area contributed by atoms with E-state index in [0.29, 0.717) is 0 Å². The lowest BCUT2D eigenvalue weighted by Gasteiger charge is -2.26. The molecule has 116 valence electrons. The highest BCUT2D eigenvalue weighted by molar-refractivity contribution is 7.99. The van der Waals surface area contributed by atoms with Gasteiger partial charge in [0.05, 0.1) is 9.79 Å². The normalized spacial score (nSPS) is 14.1. The van der Waals surface area contributed by atoms with Crippen molar-refractivity contribution in [3.63, 3.8) is 0 Å². The molecule has 0 bridgehead atoms. The summed E-state index contributed by atoms with van der Waals surface area (Å²) in [6, 6.07) is 13.1. The third kappa shape index (κ3) is 2.89. The Labute approximate surface area is 138 Å². The van der Waals surface area contributed by atoms with Crippen LogP contribution in [0.5, 0.6) is 11.5 Å². The van der Waals surface area contributed by atoms with E-state index in [9.17, 15) is 0 Å². The van der Waals surface area contributed by atoms with Crippen LogP contribution in [0.4, 0.5) is 0 Å². The predicted octanol–water partition coefficient (Wildman–Crippen LogP) is 6.54. The molecule has 0 fully saturated rings. The molecular formula is C20H24OS. The van der Waals surface area contributed by atoms with Crippen molar-refractivity contribution in [1.29, 1.82) is 0 Å². The van der Waals surface area contributed by atoms with Gasteiger partial charge in [-0.05, 0) is 46.2 Å². The minimum Gasteiger partial charge on any atom is -0.455 e. The van der Waals surface area contributed by atoms with Gasteiger partial charge in [-0.25, -0.2) is 0 Å². The van der Waals surface area contributed by atoms with Crippen LogP contribution in [0, 0.1) is 0 Å². The molecule has 1 heterocycles. The van der Waals surface area contributed by atoms with Gasteiger partial charge in [0.15, 0.2) is 0 Å². The Kier molecular flexibility index (Phi) is 3.56. The van der Waals surface area contributed by atoms with Crippen LogP contribution in [0.15, 0.2) is 46.2 Å². The Morgan fingerprint density at radius 2 is 1.27 bits per heavy atom. The minimum absolute atomic E-state index is 0.138. The van der Waals surface area contributed by atoms with Gasteiger partial charge in [0, 0.05) is 0 Å². The van der Waals surface area contributed by atoms with Gasteiger partial charge in [-0.15, -0.1) is 0 Å². The fourth-order valence-electron chi connectivity index (χ4n) is 2.51. The van der Waals surface area contributed by atoms with Gasteiger partial charge in [0.25, 0.3) is 0 Å². The quantitative estimate of drug-likeness (QED) is 0.466. The lowest BCUT2D eigenvalue weighted by atomic mass is 9.87. The first-order valence-corrected chi connectivity index (χ1v) is 8.61. The van der Waals surface area contributed by atoms with Crippen molar-refractivity contribution >= 4 is 11.8 Å². The predicted molar refractivity (Wildman–Crippen MR) is 94.5 cm³/mol. The Morgan fingerprint density at radius 3 is 1.91 bits per heavy atom. The van der Waals surface area contributed by atoms with Crippen LogP contribution in [0.3, 0.4) is 0 Å². The maximum absolute atomic E-state index is 6.16. The van der Waals surface area contributed by atoms with Gasteiger partial charge in [-0.3, -0.25) is 0 Å². The van der Waals surface area contributed by atoms with Crippen molar-refractivity contribution in [3.05, 3.63) is 47.5 Å². The summed E-state index contributed by atoms with van der Waals surface area (Å²) in [4.78, 5) is 2.41. The zero-order chi connectivity index (χ0) is 16.1. The number of rotatable bonds is 0. The molecule has 0 amide bonds. The van der Waals surface area contributed by atoms with E-state index in [2.05, 4.69) is 77.9 Å². The van der Waals surface area contributed by atoms with E-state index in [4.69, 9.17) is 4.74 Å². The number of fused-ring (bicyclic) bond motifs is 2. The van der Waals surface area contributed by atoms with E-state index in [-0.39, 0.29) is 10.8 Å². The Morgan fingerprint density at radius 1 is 0.682 bits per heavy atom. The van der Waals surface area contributed by atoms with Gasteiger partial charge < -0.3 is 4.74 Å². The fourth-order valence-corrected chi connectivity index (χ4v) is 3.48. The average molecular weight is 312 g/mol. The van der Waals surface area contributed by atoms with Crippen LogP contribution < -0.4 is 4.74 Å². The summed E-state index contributed by atoms with van der Waals surface area (Å²) in [6.07, 6.45) is 0. The zero-order valence-electron chi connectivity index (χ0n) is 14.3. The average Bonchev–Trinajstić information content (AvgIpc) is 2.41. The van der Waals surface area contributed by atoms with Crippen LogP contribution in [0.1, 0.15) is 52.7 Å². The molecule has 0 saturated heterocycles. The maximum atomic E-state index is 6.16. The fraction of sp³-hybridized carbons (Fsp3) is 0.400. The summed E-state index contributed by atoms with van der Waals surface area (Å²) in [7, 11) is 0. The van der Waals surface area contributed by atoms with Crippen LogP contribution >= 0.6 is 11.8 Å². The molecule has 22 heavy (non-hydrogen) atoms. The van der Waals surface area contributed by atoms with Crippen molar-refractivity contribution in [1.82, 2.24) is 0 Å². The van der Waals surface area contributed by atoms with Crippen LogP contribution in [-0.4, -0.2) is 0 Å². The number of ether oxygens (including phenoxy) is 1. The molecule has 0 unspecified atom stereocenters. The first-order chi connectivity index (χ1) is 10.1. The summed E-state index contributed by atoms with van der Waals surface area (Å²) in [5.74, 6) is 1.95. The maximum Gasteiger partial charge on any atom is 0.141 e. The largest absolute Gasteiger partial charge is 0.455 e. The standard InChI is InChI=1S/C20H24OS/c1-19(2,3)13-8-10-17-16(11-13)21-15-9-7-14(20(4,5)6)12-18(15)22-17/h7-12H,1-6H3. The summed E-state index contributed by atoms with van der Waals surface area (Å²) in [5, 5.41) is 0. The van der Waals surface area contributed by atoms with Crippen molar-refractivity contribution in [2.24, 2.45) is 0 Å². The Bertz CT molecular complexity index is 654. The molecule has 0 aromatic heterocycles. The van der Waals surface area contributed by atoms with Crippen molar-refractivity contribution in [3.8, 4) is 11.5 Å². The zero-order valence-corrected chi connectivity index (χ0v) is 15.1. The summed E-state index contributed by atoms with van der Waals surface area (Å²) < 4.78 is 6.16. The molecule has 0 radical (unpaired) electrons. The lowest BCUT2D eigenvalue weighted by molar-refractivity contribution is 0.449. The second-order valence-corrected chi connectivity index (χ2v) is 9.11. The Balaban J connectivity index is 1.99. The third-order valence-corrected chi connectivity index (χ3v) is 5.16. The van der Waals surface area contributed by atoms with E-state index in [1.807, 2.05) is 11.8 Å². The minimum atomic E-state index is 0.138. The van der Waals surface area contributed by atoms with Gasteiger partial charge in [-0.2, -0.15) is 0 Å². The van der Waals surface area contributed by atoms with Crippen LogP contribution in [0.2, 0.25) is 0 Å². The van der Waals surface area contributed by atoms with Gasteiger partial charge in [-0.1, -0.05) is 65.4 Å². The number of benzene rings is 2. The molecule has 1 aliphatic rings. The molecule has 0 aliphatic carbocycles. The molecule has 2 heteroatoms. The second kappa shape index (κ2) is 5.06. The summed E-state index contributed by atoms with van der Waals surface area (Å²) >= 11 is 1.81. The molecule has 0 atom stereocenters. The van der Waals surface area contributed by atoms with Gasteiger partial charge in [0.1, 0.15) is 11.5 Å². The van der Waals surface area contributed by atoms with Gasteiger partial charge >= 0.3 is 0 Å². The molecule has 0 saturated carbocycles. The van der Waals surface area contributed by atoms with Crippen LogP contribution in [0.25, 0.3) is 0 Å². The smallest absolute Gasteiger partial charge is 0.141 e. The molecule has 0 N–H and O–H groups in total.